The normalized spacial score (nSPS) is 10.0. The zero-order valence-electron chi connectivity index (χ0n) is 12.9. The number of rotatable bonds is 5. The van der Waals surface area contributed by atoms with E-state index < -0.39 is 11.9 Å². The molecular formula is C17H17ClN2O3. The summed E-state index contributed by atoms with van der Waals surface area (Å²) in [6.45, 7) is 1.43. The lowest BCUT2D eigenvalue weighted by atomic mass is 10.2. The molecule has 0 spiro atoms. The van der Waals surface area contributed by atoms with Gasteiger partial charge in [-0.1, -0.05) is 29.8 Å². The van der Waals surface area contributed by atoms with Crippen LogP contribution in [-0.2, 0) is 9.53 Å². The van der Waals surface area contributed by atoms with E-state index in [2.05, 4.69) is 10.6 Å². The molecule has 0 aliphatic carbocycles. The molecule has 120 valence electrons. The van der Waals surface area contributed by atoms with Crippen LogP contribution >= 0.6 is 11.6 Å². The van der Waals surface area contributed by atoms with E-state index in [1.165, 1.54) is 0 Å². The van der Waals surface area contributed by atoms with Gasteiger partial charge in [0.2, 0.25) is 0 Å². The molecule has 2 N–H and O–H groups in total. The first-order chi connectivity index (χ1) is 11.0. The predicted octanol–water partition coefficient (Wildman–Crippen LogP) is 3.49. The zero-order valence-corrected chi connectivity index (χ0v) is 13.6. The van der Waals surface area contributed by atoms with Crippen molar-refractivity contribution in [1.29, 1.82) is 0 Å². The summed E-state index contributed by atoms with van der Waals surface area (Å²) in [5.74, 6) is -0.987. The van der Waals surface area contributed by atoms with E-state index in [0.717, 1.165) is 5.56 Å². The Bertz CT molecular complexity index is 732. The van der Waals surface area contributed by atoms with Crippen LogP contribution in [0, 0.1) is 6.92 Å². The Labute approximate surface area is 139 Å². The fourth-order valence-electron chi connectivity index (χ4n) is 2.02. The number of halogens is 1. The molecule has 0 aliphatic heterocycles. The number of benzene rings is 2. The van der Waals surface area contributed by atoms with Gasteiger partial charge in [-0.2, -0.15) is 0 Å². The lowest BCUT2D eigenvalue weighted by Gasteiger charge is -2.11. The second-order valence-electron chi connectivity index (χ2n) is 4.83. The van der Waals surface area contributed by atoms with Crippen LogP contribution in [0.4, 0.5) is 11.4 Å². The third kappa shape index (κ3) is 4.23. The standard InChI is InChI=1S/C17H17ClN2O3/c1-11-13(18)7-5-9-14(11)20-16(21)10-23-17(22)12-6-3-4-8-15(12)19-2/h3-9,19H,10H2,1-2H3,(H,20,21). The molecule has 0 aliphatic rings. The van der Waals surface area contributed by atoms with Crippen molar-refractivity contribution in [3.05, 3.63) is 58.6 Å². The van der Waals surface area contributed by atoms with Gasteiger partial charge in [0, 0.05) is 23.4 Å². The third-order valence-electron chi connectivity index (χ3n) is 3.29. The predicted molar refractivity (Wildman–Crippen MR) is 91.1 cm³/mol. The molecule has 0 heterocycles. The average molecular weight is 333 g/mol. The van der Waals surface area contributed by atoms with Crippen LogP contribution in [0.25, 0.3) is 0 Å². The molecular weight excluding hydrogens is 316 g/mol. The molecule has 0 bridgehead atoms. The van der Waals surface area contributed by atoms with E-state index >= 15 is 0 Å². The minimum absolute atomic E-state index is 0.372. The van der Waals surface area contributed by atoms with E-state index in [0.29, 0.717) is 22.0 Å². The van der Waals surface area contributed by atoms with Gasteiger partial charge in [0.15, 0.2) is 6.61 Å². The van der Waals surface area contributed by atoms with E-state index in [-0.39, 0.29) is 6.61 Å². The molecule has 0 saturated carbocycles. The van der Waals surface area contributed by atoms with Crippen LogP contribution in [0.5, 0.6) is 0 Å². The zero-order chi connectivity index (χ0) is 16.8. The second-order valence-corrected chi connectivity index (χ2v) is 5.24. The number of ether oxygens (including phenoxy) is 1. The van der Waals surface area contributed by atoms with E-state index in [9.17, 15) is 9.59 Å². The Kier molecular flexibility index (Phi) is 5.60. The summed E-state index contributed by atoms with van der Waals surface area (Å²) in [7, 11) is 1.71. The molecule has 0 radical (unpaired) electrons. The largest absolute Gasteiger partial charge is 0.452 e. The van der Waals surface area contributed by atoms with Crippen LogP contribution in [0.2, 0.25) is 5.02 Å². The summed E-state index contributed by atoms with van der Waals surface area (Å²) in [5, 5.41) is 6.13. The van der Waals surface area contributed by atoms with Crippen molar-refractivity contribution >= 4 is 34.9 Å². The summed E-state index contributed by atoms with van der Waals surface area (Å²) >= 11 is 5.99. The molecule has 2 aromatic carbocycles. The minimum atomic E-state index is -0.562. The van der Waals surface area contributed by atoms with Gasteiger partial charge in [-0.15, -0.1) is 0 Å². The van der Waals surface area contributed by atoms with Gasteiger partial charge in [-0.05, 0) is 36.8 Å². The van der Waals surface area contributed by atoms with Crippen LogP contribution in [0.3, 0.4) is 0 Å². The summed E-state index contributed by atoms with van der Waals surface area (Å²) in [5.41, 5.74) is 2.37. The maximum Gasteiger partial charge on any atom is 0.340 e. The maximum absolute atomic E-state index is 12.0. The number of hydrogen-bond donors (Lipinski definition) is 2. The van der Waals surface area contributed by atoms with E-state index in [1.807, 2.05) is 0 Å². The average Bonchev–Trinajstić information content (AvgIpc) is 2.56. The lowest BCUT2D eigenvalue weighted by molar-refractivity contribution is -0.119. The van der Waals surface area contributed by atoms with Gasteiger partial charge in [0.05, 0.1) is 5.56 Å². The van der Waals surface area contributed by atoms with Crippen molar-refractivity contribution < 1.29 is 14.3 Å². The van der Waals surface area contributed by atoms with Crippen molar-refractivity contribution in [2.45, 2.75) is 6.92 Å². The Hall–Kier alpha value is -2.53. The SMILES string of the molecule is CNc1ccccc1C(=O)OCC(=O)Nc1cccc(Cl)c1C. The van der Waals surface area contributed by atoms with Gasteiger partial charge >= 0.3 is 5.97 Å². The Morgan fingerprint density at radius 1 is 1.09 bits per heavy atom. The molecule has 5 nitrogen and oxygen atoms in total. The Morgan fingerprint density at radius 3 is 2.52 bits per heavy atom. The Balaban J connectivity index is 1.96. The van der Waals surface area contributed by atoms with Gasteiger partial charge in [-0.25, -0.2) is 4.79 Å². The van der Waals surface area contributed by atoms with Crippen LogP contribution < -0.4 is 10.6 Å². The highest BCUT2D eigenvalue weighted by atomic mass is 35.5. The highest BCUT2D eigenvalue weighted by Gasteiger charge is 2.14. The number of anilines is 2. The van der Waals surface area contributed by atoms with Crippen molar-refractivity contribution in [3.63, 3.8) is 0 Å². The molecule has 0 unspecified atom stereocenters. The molecule has 0 atom stereocenters. The number of hydrogen-bond acceptors (Lipinski definition) is 4. The molecule has 2 rings (SSSR count). The molecule has 0 saturated heterocycles. The molecule has 6 heteroatoms. The van der Waals surface area contributed by atoms with Gasteiger partial charge in [0.25, 0.3) is 5.91 Å². The fourth-order valence-corrected chi connectivity index (χ4v) is 2.19. The van der Waals surface area contributed by atoms with Crippen molar-refractivity contribution in [3.8, 4) is 0 Å². The summed E-state index contributed by atoms with van der Waals surface area (Å²) in [6, 6.07) is 12.1. The van der Waals surface area contributed by atoms with Crippen molar-refractivity contribution in [2.75, 3.05) is 24.3 Å². The number of carbonyl (C=O) groups excluding carboxylic acids is 2. The fraction of sp³-hybridized carbons (Fsp3) is 0.176. The number of nitrogens with one attached hydrogen (secondary N) is 2. The second kappa shape index (κ2) is 7.65. The molecule has 0 fully saturated rings. The van der Waals surface area contributed by atoms with Crippen LogP contribution in [0.1, 0.15) is 15.9 Å². The van der Waals surface area contributed by atoms with Crippen LogP contribution in [-0.4, -0.2) is 25.5 Å². The van der Waals surface area contributed by atoms with Crippen LogP contribution in [0.15, 0.2) is 42.5 Å². The number of esters is 1. The molecule has 0 aromatic heterocycles. The number of amides is 1. The van der Waals surface area contributed by atoms with Crippen molar-refractivity contribution in [2.24, 2.45) is 0 Å². The summed E-state index contributed by atoms with van der Waals surface area (Å²) in [6.07, 6.45) is 0. The third-order valence-corrected chi connectivity index (χ3v) is 3.70. The smallest absolute Gasteiger partial charge is 0.340 e. The van der Waals surface area contributed by atoms with Crippen molar-refractivity contribution in [1.82, 2.24) is 0 Å². The minimum Gasteiger partial charge on any atom is -0.452 e. The topological polar surface area (TPSA) is 67.4 Å². The Morgan fingerprint density at radius 2 is 1.78 bits per heavy atom. The number of para-hydroxylation sites is 1. The highest BCUT2D eigenvalue weighted by molar-refractivity contribution is 6.31. The van der Waals surface area contributed by atoms with E-state index in [4.69, 9.17) is 16.3 Å². The number of carbonyl (C=O) groups is 2. The maximum atomic E-state index is 12.0. The van der Waals surface area contributed by atoms with E-state index in [1.54, 1.807) is 56.4 Å². The lowest BCUT2D eigenvalue weighted by Crippen LogP contribution is -2.21. The van der Waals surface area contributed by atoms with Gasteiger partial charge in [0.1, 0.15) is 0 Å². The first-order valence-electron chi connectivity index (χ1n) is 7.01. The first-order valence-corrected chi connectivity index (χ1v) is 7.39. The monoisotopic (exact) mass is 332 g/mol. The molecule has 23 heavy (non-hydrogen) atoms. The first kappa shape index (κ1) is 16.8. The summed E-state index contributed by atoms with van der Waals surface area (Å²) < 4.78 is 5.05. The van der Waals surface area contributed by atoms with Gasteiger partial charge in [-0.3, -0.25) is 4.79 Å². The molecule has 1 amide bonds. The quantitative estimate of drug-likeness (QED) is 0.822. The highest BCUT2D eigenvalue weighted by Crippen LogP contribution is 2.22. The molecule has 2 aromatic rings. The van der Waals surface area contributed by atoms with Gasteiger partial charge < -0.3 is 15.4 Å². The summed E-state index contributed by atoms with van der Waals surface area (Å²) in [4.78, 5) is 24.0.